The molecule has 0 aromatic rings. The maximum atomic E-state index is 12.1. The molecule has 22 heavy (non-hydrogen) atoms. The van der Waals surface area contributed by atoms with E-state index in [4.69, 9.17) is 0 Å². The predicted octanol–water partition coefficient (Wildman–Crippen LogP) is 0.706. The number of sulfone groups is 1. The van der Waals surface area contributed by atoms with Gasteiger partial charge in [0.15, 0.2) is 9.84 Å². The molecule has 1 heterocycles. The van der Waals surface area contributed by atoms with E-state index in [1.165, 1.54) is 4.90 Å². The largest absolute Gasteiger partial charge is 0.481 e. The summed E-state index contributed by atoms with van der Waals surface area (Å²) in [6, 6.07) is -0.367. The van der Waals surface area contributed by atoms with Crippen LogP contribution in [-0.2, 0) is 14.6 Å². The number of rotatable bonds is 5. The topological polar surface area (TPSA) is 104 Å². The summed E-state index contributed by atoms with van der Waals surface area (Å²) >= 11 is 0. The summed E-state index contributed by atoms with van der Waals surface area (Å²) in [6.45, 7) is 3.93. The van der Waals surface area contributed by atoms with Crippen LogP contribution < -0.4 is 5.32 Å². The molecule has 1 saturated heterocycles. The summed E-state index contributed by atoms with van der Waals surface area (Å²) in [5.41, 5.74) is -0.804. The molecule has 2 atom stereocenters. The number of hydrogen-bond donors (Lipinski definition) is 2. The summed E-state index contributed by atoms with van der Waals surface area (Å²) in [4.78, 5) is 25.2. The SMILES string of the molecule is CC(C)S(=O)(=O)CCNC(=O)N1C[C@@H]2CCC[C@@]2(C(=O)O)C1. The third-order valence-corrected chi connectivity index (χ3v) is 7.17. The van der Waals surface area contributed by atoms with Crippen molar-refractivity contribution in [3.05, 3.63) is 0 Å². The minimum Gasteiger partial charge on any atom is -0.481 e. The number of fused-ring (bicyclic) bond motifs is 1. The van der Waals surface area contributed by atoms with Gasteiger partial charge < -0.3 is 15.3 Å². The Hall–Kier alpha value is -1.31. The highest BCUT2D eigenvalue weighted by Crippen LogP contribution is 2.48. The van der Waals surface area contributed by atoms with Gasteiger partial charge in [-0.15, -0.1) is 0 Å². The first kappa shape index (κ1) is 17.1. The molecule has 2 fully saturated rings. The van der Waals surface area contributed by atoms with Gasteiger partial charge in [0.1, 0.15) is 0 Å². The van der Waals surface area contributed by atoms with Crippen LogP contribution in [0.4, 0.5) is 4.79 Å². The number of urea groups is 1. The van der Waals surface area contributed by atoms with Crippen molar-refractivity contribution in [2.45, 2.75) is 38.4 Å². The van der Waals surface area contributed by atoms with Crippen LogP contribution in [0.3, 0.4) is 0 Å². The number of carbonyl (C=O) groups excluding carboxylic acids is 1. The van der Waals surface area contributed by atoms with Crippen LogP contribution in [0.5, 0.6) is 0 Å². The number of carboxylic acids is 1. The number of carboxylic acid groups (broad SMARTS) is 1. The van der Waals surface area contributed by atoms with E-state index < -0.39 is 26.5 Å². The average molecular weight is 332 g/mol. The number of nitrogens with one attached hydrogen (secondary N) is 1. The van der Waals surface area contributed by atoms with Gasteiger partial charge in [-0.1, -0.05) is 6.42 Å². The van der Waals surface area contributed by atoms with Gasteiger partial charge in [-0.25, -0.2) is 13.2 Å². The lowest BCUT2D eigenvalue weighted by Gasteiger charge is -2.23. The van der Waals surface area contributed by atoms with Crippen molar-refractivity contribution in [3.63, 3.8) is 0 Å². The van der Waals surface area contributed by atoms with E-state index in [1.54, 1.807) is 13.8 Å². The van der Waals surface area contributed by atoms with Crippen LogP contribution in [0.25, 0.3) is 0 Å². The molecule has 8 heteroatoms. The molecule has 2 aliphatic rings. The van der Waals surface area contributed by atoms with Crippen molar-refractivity contribution in [2.75, 3.05) is 25.4 Å². The number of carbonyl (C=O) groups is 2. The lowest BCUT2D eigenvalue weighted by atomic mass is 9.81. The fraction of sp³-hybridized carbons (Fsp3) is 0.857. The van der Waals surface area contributed by atoms with Crippen molar-refractivity contribution in [1.82, 2.24) is 10.2 Å². The highest BCUT2D eigenvalue weighted by molar-refractivity contribution is 7.92. The van der Waals surface area contributed by atoms with Gasteiger partial charge >= 0.3 is 12.0 Å². The summed E-state index contributed by atoms with van der Waals surface area (Å²) in [5, 5.41) is 11.6. The van der Waals surface area contributed by atoms with Gasteiger partial charge in [-0.05, 0) is 32.6 Å². The Balaban J connectivity index is 1.89. The van der Waals surface area contributed by atoms with Crippen molar-refractivity contribution in [3.8, 4) is 0 Å². The fourth-order valence-corrected chi connectivity index (χ4v) is 4.30. The van der Waals surface area contributed by atoms with E-state index in [0.29, 0.717) is 13.0 Å². The minimum atomic E-state index is -3.19. The molecule has 2 amide bonds. The van der Waals surface area contributed by atoms with Crippen LogP contribution in [0.2, 0.25) is 0 Å². The Bertz CT molecular complexity index is 560. The van der Waals surface area contributed by atoms with Crippen molar-refractivity contribution >= 4 is 21.8 Å². The van der Waals surface area contributed by atoms with Crippen molar-refractivity contribution in [2.24, 2.45) is 11.3 Å². The van der Waals surface area contributed by atoms with Gasteiger partial charge in [0, 0.05) is 19.6 Å². The highest BCUT2D eigenvalue weighted by Gasteiger charge is 2.55. The first-order valence-electron chi connectivity index (χ1n) is 7.67. The number of aliphatic carboxylic acids is 1. The molecule has 2 rings (SSSR count). The summed E-state index contributed by atoms with van der Waals surface area (Å²) in [5.74, 6) is -0.916. The van der Waals surface area contributed by atoms with Crippen molar-refractivity contribution < 1.29 is 23.1 Å². The Morgan fingerprint density at radius 2 is 2.09 bits per heavy atom. The predicted molar refractivity (Wildman–Crippen MR) is 81.3 cm³/mol. The number of nitrogens with zero attached hydrogens (tertiary/aromatic N) is 1. The van der Waals surface area contributed by atoms with Gasteiger partial charge in [-0.3, -0.25) is 4.79 Å². The molecule has 1 aliphatic heterocycles. The molecule has 0 bridgehead atoms. The standard InChI is InChI=1S/C14H24N2O5S/c1-10(2)22(20,21)7-6-15-13(19)16-8-11-4-3-5-14(11,9-16)12(17)18/h10-11H,3-9H2,1-2H3,(H,15,19)(H,17,18)/t11-,14+/m0/s1. The number of hydrogen-bond acceptors (Lipinski definition) is 4. The van der Waals surface area contributed by atoms with Crippen LogP contribution in [0.1, 0.15) is 33.1 Å². The average Bonchev–Trinajstić information content (AvgIpc) is 2.95. The third-order valence-electron chi connectivity index (χ3n) is 4.96. The Morgan fingerprint density at radius 3 is 2.64 bits per heavy atom. The summed E-state index contributed by atoms with van der Waals surface area (Å²) in [6.07, 6.45) is 2.33. The molecule has 2 N–H and O–H groups in total. The van der Waals surface area contributed by atoms with Crippen LogP contribution >= 0.6 is 0 Å². The maximum absolute atomic E-state index is 12.1. The lowest BCUT2D eigenvalue weighted by Crippen LogP contribution is -2.43. The van der Waals surface area contributed by atoms with Crippen LogP contribution in [-0.4, -0.2) is 61.1 Å². The molecule has 7 nitrogen and oxygen atoms in total. The van der Waals surface area contributed by atoms with Gasteiger partial charge in [0.25, 0.3) is 0 Å². The second-order valence-electron chi connectivity index (χ2n) is 6.58. The minimum absolute atomic E-state index is 0.00940. The fourth-order valence-electron chi connectivity index (χ4n) is 3.44. The summed E-state index contributed by atoms with van der Waals surface area (Å²) in [7, 11) is -3.19. The molecule has 0 aromatic carbocycles. The Kier molecular flexibility index (Phi) is 4.70. The Morgan fingerprint density at radius 1 is 1.41 bits per heavy atom. The molecule has 0 unspecified atom stereocenters. The molecule has 0 aromatic heterocycles. The molecular weight excluding hydrogens is 308 g/mol. The van der Waals surface area contributed by atoms with E-state index in [2.05, 4.69) is 5.32 Å². The highest BCUT2D eigenvalue weighted by atomic mass is 32.2. The van der Waals surface area contributed by atoms with E-state index in [9.17, 15) is 23.1 Å². The molecule has 1 saturated carbocycles. The zero-order valence-electron chi connectivity index (χ0n) is 13.0. The molecule has 1 aliphatic carbocycles. The van der Waals surface area contributed by atoms with Crippen molar-refractivity contribution in [1.29, 1.82) is 0 Å². The summed E-state index contributed by atoms with van der Waals surface area (Å²) < 4.78 is 23.4. The van der Waals surface area contributed by atoms with Crippen LogP contribution in [0.15, 0.2) is 0 Å². The monoisotopic (exact) mass is 332 g/mol. The maximum Gasteiger partial charge on any atom is 0.317 e. The molecule has 126 valence electrons. The molecular formula is C14H24N2O5S. The van der Waals surface area contributed by atoms with E-state index >= 15 is 0 Å². The second-order valence-corrected chi connectivity index (χ2v) is 9.26. The van der Waals surface area contributed by atoms with E-state index in [-0.39, 0.29) is 30.8 Å². The third kappa shape index (κ3) is 3.06. The zero-order valence-corrected chi connectivity index (χ0v) is 13.9. The zero-order chi connectivity index (χ0) is 16.5. The normalized spacial score (nSPS) is 28.0. The first-order chi connectivity index (χ1) is 10.2. The number of likely N-dealkylation sites (tertiary alicyclic amines) is 1. The van der Waals surface area contributed by atoms with Gasteiger partial charge in [-0.2, -0.15) is 0 Å². The van der Waals surface area contributed by atoms with E-state index in [1.807, 2.05) is 0 Å². The lowest BCUT2D eigenvalue weighted by molar-refractivity contribution is -0.149. The van der Waals surface area contributed by atoms with Gasteiger partial charge in [0.05, 0.1) is 16.4 Å². The molecule has 0 spiro atoms. The first-order valence-corrected chi connectivity index (χ1v) is 9.38. The Labute approximate surface area is 131 Å². The van der Waals surface area contributed by atoms with Gasteiger partial charge in [0.2, 0.25) is 0 Å². The van der Waals surface area contributed by atoms with E-state index in [0.717, 1.165) is 12.8 Å². The molecule has 0 radical (unpaired) electrons. The quantitative estimate of drug-likeness (QED) is 0.771. The number of amides is 2. The smallest absolute Gasteiger partial charge is 0.317 e. The second kappa shape index (κ2) is 6.06. The van der Waals surface area contributed by atoms with Crippen LogP contribution in [0, 0.1) is 11.3 Å².